The molecule has 1 aliphatic heterocycles. The summed E-state index contributed by atoms with van der Waals surface area (Å²) in [5.74, 6) is -0.0116. The normalized spacial score (nSPS) is 13.0. The van der Waals surface area contributed by atoms with Crippen LogP contribution in [0.5, 0.6) is 0 Å². The summed E-state index contributed by atoms with van der Waals surface area (Å²) >= 11 is 0. The summed E-state index contributed by atoms with van der Waals surface area (Å²) in [6.07, 6.45) is -0.0279. The molecule has 3 amide bonds. The van der Waals surface area contributed by atoms with Crippen molar-refractivity contribution in [3.8, 4) is 5.82 Å². The average Bonchev–Trinajstić information content (AvgIpc) is 3.29. The molecule has 0 atom stereocenters. The van der Waals surface area contributed by atoms with Crippen molar-refractivity contribution in [1.82, 2.24) is 19.7 Å². The maximum atomic E-state index is 12.7. The first-order chi connectivity index (χ1) is 15.9. The summed E-state index contributed by atoms with van der Waals surface area (Å²) < 4.78 is 1.59. The molecule has 8 heteroatoms. The van der Waals surface area contributed by atoms with Gasteiger partial charge in [-0.2, -0.15) is 9.78 Å². The lowest BCUT2D eigenvalue weighted by Gasteiger charge is -2.14. The Hall–Kier alpha value is -4.33. The van der Waals surface area contributed by atoms with Gasteiger partial charge in [0, 0.05) is 24.4 Å². The minimum atomic E-state index is -0.375. The number of amides is 3. The standard InChI is InChI=1S/C25H21N5O3/c1-15-13-21(26-20-10-6-5-7-17(15)20)30-22(14-16(2)28-30)27-23(31)11-12-29-24(32)18-8-3-4-9-19(18)25(29)33/h3-10,13-14H,11-12H2,1-2H3,(H,27,31). The van der Waals surface area contributed by atoms with Gasteiger partial charge in [-0.15, -0.1) is 0 Å². The molecular formula is C25H21N5O3. The van der Waals surface area contributed by atoms with Crippen LogP contribution >= 0.6 is 0 Å². The highest BCUT2D eigenvalue weighted by Gasteiger charge is 2.35. The zero-order valence-electron chi connectivity index (χ0n) is 18.2. The molecule has 0 fully saturated rings. The second-order valence-corrected chi connectivity index (χ2v) is 8.00. The number of rotatable bonds is 5. The molecule has 164 valence electrons. The van der Waals surface area contributed by atoms with E-state index < -0.39 is 0 Å². The van der Waals surface area contributed by atoms with Crippen molar-refractivity contribution >= 4 is 34.4 Å². The van der Waals surface area contributed by atoms with Crippen LogP contribution in [-0.4, -0.2) is 43.9 Å². The lowest BCUT2D eigenvalue weighted by molar-refractivity contribution is -0.116. The lowest BCUT2D eigenvalue weighted by Crippen LogP contribution is -2.33. The highest BCUT2D eigenvalue weighted by molar-refractivity contribution is 6.21. The second-order valence-electron chi connectivity index (χ2n) is 8.00. The smallest absolute Gasteiger partial charge is 0.261 e. The first-order valence-electron chi connectivity index (χ1n) is 10.6. The van der Waals surface area contributed by atoms with Crippen LogP contribution in [0.2, 0.25) is 0 Å². The zero-order chi connectivity index (χ0) is 23.1. The van der Waals surface area contributed by atoms with Crippen molar-refractivity contribution in [2.45, 2.75) is 20.3 Å². The fourth-order valence-corrected chi connectivity index (χ4v) is 4.06. The van der Waals surface area contributed by atoms with Gasteiger partial charge in [-0.05, 0) is 43.7 Å². The number of anilines is 1. The Morgan fingerprint density at radius 2 is 1.61 bits per heavy atom. The van der Waals surface area contributed by atoms with E-state index in [4.69, 9.17) is 4.98 Å². The number of fused-ring (bicyclic) bond motifs is 2. The monoisotopic (exact) mass is 439 g/mol. The number of carbonyl (C=O) groups is 3. The van der Waals surface area contributed by atoms with Crippen LogP contribution in [0.4, 0.5) is 5.82 Å². The molecule has 2 aromatic carbocycles. The third-order valence-corrected chi connectivity index (χ3v) is 5.67. The summed E-state index contributed by atoms with van der Waals surface area (Å²) in [5, 5.41) is 8.39. The molecule has 5 rings (SSSR count). The molecule has 33 heavy (non-hydrogen) atoms. The van der Waals surface area contributed by atoms with Gasteiger partial charge in [0.05, 0.1) is 22.3 Å². The highest BCUT2D eigenvalue weighted by Crippen LogP contribution is 2.24. The number of carbonyl (C=O) groups excluding carboxylic acids is 3. The number of nitrogens with zero attached hydrogens (tertiary/aromatic N) is 4. The van der Waals surface area contributed by atoms with Crippen molar-refractivity contribution < 1.29 is 14.4 Å². The molecule has 0 unspecified atom stereocenters. The molecule has 1 aliphatic rings. The Bertz CT molecular complexity index is 1400. The Morgan fingerprint density at radius 3 is 2.33 bits per heavy atom. The number of pyridine rings is 1. The fourth-order valence-electron chi connectivity index (χ4n) is 4.06. The molecule has 1 N–H and O–H groups in total. The molecular weight excluding hydrogens is 418 g/mol. The Kier molecular flexibility index (Phi) is 4.97. The van der Waals surface area contributed by atoms with Crippen molar-refractivity contribution in [3.05, 3.63) is 83.0 Å². The molecule has 0 saturated heterocycles. The van der Waals surface area contributed by atoms with Crippen molar-refractivity contribution in [2.75, 3.05) is 11.9 Å². The fraction of sp³-hybridized carbons (Fsp3) is 0.160. The number of hydrogen-bond donors (Lipinski definition) is 1. The topological polar surface area (TPSA) is 97.2 Å². The molecule has 8 nitrogen and oxygen atoms in total. The minimum absolute atomic E-state index is 0.00136. The average molecular weight is 439 g/mol. The molecule has 4 aromatic rings. The van der Waals surface area contributed by atoms with E-state index in [-0.39, 0.29) is 30.7 Å². The van der Waals surface area contributed by atoms with Gasteiger partial charge >= 0.3 is 0 Å². The van der Waals surface area contributed by atoms with E-state index in [1.165, 1.54) is 0 Å². The molecule has 0 bridgehead atoms. The Labute approximate surface area is 189 Å². The Balaban J connectivity index is 1.34. The molecule has 0 saturated carbocycles. The van der Waals surface area contributed by atoms with Crippen molar-refractivity contribution in [2.24, 2.45) is 0 Å². The summed E-state index contributed by atoms with van der Waals surface area (Å²) in [4.78, 5) is 43.5. The van der Waals surface area contributed by atoms with E-state index in [2.05, 4.69) is 10.4 Å². The largest absolute Gasteiger partial charge is 0.310 e. The summed E-state index contributed by atoms with van der Waals surface area (Å²) in [5.41, 5.74) is 3.34. The predicted octanol–water partition coefficient (Wildman–Crippen LogP) is 3.66. The number of aromatic nitrogens is 3. The van der Waals surface area contributed by atoms with E-state index in [1.54, 1.807) is 35.0 Å². The number of aryl methyl sites for hydroxylation is 2. The maximum Gasteiger partial charge on any atom is 0.261 e. The molecule has 0 spiro atoms. The lowest BCUT2D eigenvalue weighted by atomic mass is 10.1. The van der Waals surface area contributed by atoms with Crippen LogP contribution in [-0.2, 0) is 4.79 Å². The van der Waals surface area contributed by atoms with Crippen LogP contribution < -0.4 is 5.32 Å². The first kappa shape index (κ1) is 20.6. The quantitative estimate of drug-likeness (QED) is 0.479. The van der Waals surface area contributed by atoms with Crippen molar-refractivity contribution in [1.29, 1.82) is 0 Å². The number of hydrogen-bond acceptors (Lipinski definition) is 5. The van der Waals surface area contributed by atoms with E-state index in [0.717, 1.165) is 27.1 Å². The molecule has 2 aromatic heterocycles. The number of benzene rings is 2. The van der Waals surface area contributed by atoms with Gasteiger partial charge in [0.1, 0.15) is 5.82 Å². The summed E-state index contributed by atoms with van der Waals surface area (Å²) in [7, 11) is 0. The second kappa shape index (κ2) is 7.98. The van der Waals surface area contributed by atoms with Gasteiger partial charge in [-0.25, -0.2) is 4.98 Å². The molecule has 0 aliphatic carbocycles. The Morgan fingerprint density at radius 1 is 0.939 bits per heavy atom. The van der Waals surface area contributed by atoms with Crippen LogP contribution in [0.3, 0.4) is 0 Å². The van der Waals surface area contributed by atoms with E-state index >= 15 is 0 Å². The summed E-state index contributed by atoms with van der Waals surface area (Å²) in [6.45, 7) is 3.84. The van der Waals surface area contributed by atoms with E-state index in [9.17, 15) is 14.4 Å². The van der Waals surface area contributed by atoms with Gasteiger partial charge < -0.3 is 5.32 Å². The molecule has 3 heterocycles. The van der Waals surface area contributed by atoms with Crippen molar-refractivity contribution in [3.63, 3.8) is 0 Å². The SMILES string of the molecule is Cc1cc(NC(=O)CCN2C(=O)c3ccccc3C2=O)n(-c2cc(C)c3ccccc3n2)n1. The highest BCUT2D eigenvalue weighted by atomic mass is 16.2. The van der Waals surface area contributed by atoms with E-state index in [0.29, 0.717) is 22.8 Å². The van der Waals surface area contributed by atoms with Gasteiger partial charge in [0.2, 0.25) is 5.91 Å². The van der Waals surface area contributed by atoms with Crippen LogP contribution in [0.1, 0.15) is 38.4 Å². The maximum absolute atomic E-state index is 12.7. The predicted molar refractivity (Wildman–Crippen MR) is 123 cm³/mol. The first-order valence-corrected chi connectivity index (χ1v) is 10.6. The van der Waals surface area contributed by atoms with Crippen LogP contribution in [0.25, 0.3) is 16.7 Å². The number of imide groups is 1. The van der Waals surface area contributed by atoms with Gasteiger partial charge in [-0.3, -0.25) is 19.3 Å². The third kappa shape index (κ3) is 3.65. The van der Waals surface area contributed by atoms with Gasteiger partial charge in [0.15, 0.2) is 5.82 Å². The van der Waals surface area contributed by atoms with Crippen LogP contribution in [0, 0.1) is 13.8 Å². The molecule has 0 radical (unpaired) electrons. The van der Waals surface area contributed by atoms with Gasteiger partial charge in [0.25, 0.3) is 11.8 Å². The van der Waals surface area contributed by atoms with Crippen LogP contribution in [0.15, 0.2) is 60.7 Å². The third-order valence-electron chi connectivity index (χ3n) is 5.67. The summed E-state index contributed by atoms with van der Waals surface area (Å²) in [6, 6.07) is 18.2. The number of para-hydroxylation sites is 1. The van der Waals surface area contributed by atoms with Gasteiger partial charge in [-0.1, -0.05) is 30.3 Å². The minimum Gasteiger partial charge on any atom is -0.310 e. The zero-order valence-corrected chi connectivity index (χ0v) is 18.2. The number of nitrogens with one attached hydrogen (secondary N) is 1. The van der Waals surface area contributed by atoms with E-state index in [1.807, 2.05) is 44.2 Å².